The van der Waals surface area contributed by atoms with Gasteiger partial charge in [0.25, 0.3) is 0 Å². The van der Waals surface area contributed by atoms with E-state index in [1.807, 2.05) is 36.7 Å². The molecule has 1 aromatic carbocycles. The van der Waals surface area contributed by atoms with Gasteiger partial charge in [0.2, 0.25) is 0 Å². The highest BCUT2D eigenvalue weighted by atomic mass is 32.1. The summed E-state index contributed by atoms with van der Waals surface area (Å²) in [6.07, 6.45) is 5.45. The first kappa shape index (κ1) is 21.3. The van der Waals surface area contributed by atoms with Gasteiger partial charge in [-0.2, -0.15) is 0 Å². The van der Waals surface area contributed by atoms with Crippen LogP contribution in [0.25, 0.3) is 5.69 Å². The van der Waals surface area contributed by atoms with Crippen LogP contribution >= 0.6 is 12.2 Å². The van der Waals surface area contributed by atoms with E-state index >= 15 is 0 Å². The highest BCUT2D eigenvalue weighted by Gasteiger charge is 2.41. The number of pyridine rings is 2. The average Bonchev–Trinajstić information content (AvgIpc) is 3.31. The molecular weight excluding hydrogens is 433 g/mol. The highest BCUT2D eigenvalue weighted by Crippen LogP contribution is 2.42. The van der Waals surface area contributed by atoms with E-state index in [0.29, 0.717) is 11.7 Å². The van der Waals surface area contributed by atoms with Crippen LogP contribution in [-0.4, -0.2) is 24.5 Å². The molecule has 0 amide bonds. The lowest BCUT2D eigenvalue weighted by Crippen LogP contribution is -2.29. The summed E-state index contributed by atoms with van der Waals surface area (Å²) in [4.78, 5) is 11.1. The van der Waals surface area contributed by atoms with Crippen LogP contribution in [0.1, 0.15) is 40.3 Å². The molecule has 33 heavy (non-hydrogen) atoms. The van der Waals surface area contributed by atoms with Gasteiger partial charge in [0.1, 0.15) is 5.82 Å². The van der Waals surface area contributed by atoms with Crippen molar-refractivity contribution in [2.45, 2.75) is 32.5 Å². The molecule has 166 valence electrons. The largest absolute Gasteiger partial charge is 0.352 e. The smallest absolute Gasteiger partial charge is 0.170 e. The molecule has 0 unspecified atom stereocenters. The lowest BCUT2D eigenvalue weighted by molar-refractivity contribution is 0.310. The van der Waals surface area contributed by atoms with Crippen LogP contribution in [0.5, 0.6) is 0 Å². The number of rotatable bonds is 5. The number of nitrogens with one attached hydrogen (secondary N) is 1. The highest BCUT2D eigenvalue weighted by molar-refractivity contribution is 7.80. The minimum Gasteiger partial charge on any atom is -0.352 e. The van der Waals surface area contributed by atoms with Gasteiger partial charge < -0.3 is 14.8 Å². The Bertz CT molecular complexity index is 1270. The van der Waals surface area contributed by atoms with Crippen molar-refractivity contribution < 1.29 is 4.39 Å². The number of nitrogens with zero attached hydrogens (tertiary/aromatic N) is 4. The monoisotopic (exact) mass is 457 g/mol. The molecular formula is C26H24FN5S. The summed E-state index contributed by atoms with van der Waals surface area (Å²) in [5.41, 5.74) is 6.27. The summed E-state index contributed by atoms with van der Waals surface area (Å²) in [6.45, 7) is 4.81. The third-order valence-corrected chi connectivity index (χ3v) is 6.50. The standard InChI is InChI=1S/C26H24FN5S/c1-17-14-22(18(2)32(17)21-10-8-20(27)9-11-21)25-24(23-7-3-4-13-29-23)30-26(33)31(25)16-19-6-5-12-28-15-19/h3-15,24-25H,16H2,1-2H3,(H,30,33)/t24-,25+/m0/s1. The zero-order valence-corrected chi connectivity index (χ0v) is 19.3. The number of benzene rings is 1. The van der Waals surface area contributed by atoms with Crippen LogP contribution in [-0.2, 0) is 6.54 Å². The van der Waals surface area contributed by atoms with Crippen LogP contribution in [0, 0.1) is 19.7 Å². The number of thiocarbonyl (C=S) groups is 1. The van der Waals surface area contributed by atoms with E-state index in [1.165, 1.54) is 12.1 Å². The van der Waals surface area contributed by atoms with Gasteiger partial charge in [-0.1, -0.05) is 12.1 Å². The Balaban J connectivity index is 1.61. The van der Waals surface area contributed by atoms with E-state index in [0.717, 1.165) is 33.9 Å². The molecule has 1 saturated heterocycles. The van der Waals surface area contributed by atoms with Crippen LogP contribution in [0.15, 0.2) is 79.3 Å². The van der Waals surface area contributed by atoms with Gasteiger partial charge >= 0.3 is 0 Å². The Morgan fingerprint density at radius 2 is 1.85 bits per heavy atom. The molecule has 1 aliphatic heterocycles. The molecule has 0 saturated carbocycles. The minimum absolute atomic E-state index is 0.0620. The minimum atomic E-state index is -0.246. The lowest BCUT2D eigenvalue weighted by Gasteiger charge is -2.28. The van der Waals surface area contributed by atoms with Gasteiger partial charge in [0.15, 0.2) is 5.11 Å². The molecule has 2 atom stereocenters. The number of aromatic nitrogens is 3. The SMILES string of the molecule is Cc1cc([C@@H]2[C@H](c3ccccn3)NC(=S)N2Cc2cccnc2)c(C)n1-c1ccc(F)cc1. The van der Waals surface area contributed by atoms with Crippen molar-refractivity contribution >= 4 is 17.3 Å². The van der Waals surface area contributed by atoms with Gasteiger partial charge in [-0.25, -0.2) is 4.39 Å². The molecule has 5 rings (SSSR count). The molecule has 1 aliphatic rings. The third kappa shape index (κ3) is 4.00. The molecule has 3 aromatic heterocycles. The Morgan fingerprint density at radius 1 is 1.03 bits per heavy atom. The number of halogens is 1. The van der Waals surface area contributed by atoms with E-state index in [1.54, 1.807) is 18.3 Å². The molecule has 1 fully saturated rings. The van der Waals surface area contributed by atoms with Crippen LogP contribution in [0.4, 0.5) is 4.39 Å². The predicted molar refractivity (Wildman–Crippen MR) is 130 cm³/mol. The number of aryl methyl sites for hydroxylation is 1. The Labute approximate surface area is 197 Å². The van der Waals surface area contributed by atoms with Gasteiger partial charge in [-0.3, -0.25) is 9.97 Å². The van der Waals surface area contributed by atoms with Crippen molar-refractivity contribution in [2.75, 3.05) is 0 Å². The van der Waals surface area contributed by atoms with Gasteiger partial charge in [0.05, 0.1) is 17.8 Å². The van der Waals surface area contributed by atoms with E-state index in [9.17, 15) is 4.39 Å². The van der Waals surface area contributed by atoms with Crippen LogP contribution < -0.4 is 5.32 Å². The maximum absolute atomic E-state index is 13.5. The zero-order valence-electron chi connectivity index (χ0n) is 18.4. The molecule has 5 nitrogen and oxygen atoms in total. The zero-order chi connectivity index (χ0) is 22.9. The van der Waals surface area contributed by atoms with Crippen LogP contribution in [0.3, 0.4) is 0 Å². The second-order valence-corrected chi connectivity index (χ2v) is 8.64. The molecule has 1 N–H and O–H groups in total. The summed E-state index contributed by atoms with van der Waals surface area (Å²) in [5.74, 6) is -0.246. The van der Waals surface area contributed by atoms with Crippen molar-refractivity contribution in [1.29, 1.82) is 0 Å². The number of hydrogen-bond donors (Lipinski definition) is 1. The maximum atomic E-state index is 13.5. The Morgan fingerprint density at radius 3 is 2.55 bits per heavy atom. The fourth-order valence-electron chi connectivity index (χ4n) is 4.68. The second kappa shape index (κ2) is 8.75. The van der Waals surface area contributed by atoms with Crippen molar-refractivity contribution in [3.8, 4) is 5.69 Å². The summed E-state index contributed by atoms with van der Waals surface area (Å²) in [7, 11) is 0. The summed E-state index contributed by atoms with van der Waals surface area (Å²) < 4.78 is 15.7. The second-order valence-electron chi connectivity index (χ2n) is 8.25. The van der Waals surface area contributed by atoms with E-state index in [4.69, 9.17) is 12.2 Å². The van der Waals surface area contributed by atoms with Crippen molar-refractivity contribution in [3.05, 3.63) is 113 Å². The normalized spacial score (nSPS) is 17.9. The first-order valence-corrected chi connectivity index (χ1v) is 11.3. The molecule has 0 aliphatic carbocycles. The Kier molecular flexibility index (Phi) is 5.64. The van der Waals surface area contributed by atoms with Crippen molar-refractivity contribution in [3.63, 3.8) is 0 Å². The summed E-state index contributed by atoms with van der Waals surface area (Å²) in [6, 6.07) is 18.6. The topological polar surface area (TPSA) is 46.0 Å². The first-order chi connectivity index (χ1) is 16.0. The van der Waals surface area contributed by atoms with E-state index in [-0.39, 0.29) is 17.9 Å². The molecule has 0 bridgehead atoms. The van der Waals surface area contributed by atoms with Crippen molar-refractivity contribution in [2.24, 2.45) is 0 Å². The molecule has 4 aromatic rings. The first-order valence-electron chi connectivity index (χ1n) is 10.8. The Hall–Kier alpha value is -3.58. The fourth-order valence-corrected chi connectivity index (χ4v) is 4.98. The lowest BCUT2D eigenvalue weighted by atomic mass is 9.96. The number of hydrogen-bond acceptors (Lipinski definition) is 3. The quantitative estimate of drug-likeness (QED) is 0.418. The van der Waals surface area contributed by atoms with Gasteiger partial charge in [0, 0.05) is 42.2 Å². The fraction of sp³-hybridized carbons (Fsp3) is 0.192. The van der Waals surface area contributed by atoms with E-state index in [2.05, 4.69) is 50.7 Å². The summed E-state index contributed by atoms with van der Waals surface area (Å²) >= 11 is 5.80. The van der Waals surface area contributed by atoms with Gasteiger partial charge in [-0.15, -0.1) is 0 Å². The molecule has 0 radical (unpaired) electrons. The van der Waals surface area contributed by atoms with Crippen molar-refractivity contribution in [1.82, 2.24) is 24.8 Å². The predicted octanol–water partition coefficient (Wildman–Crippen LogP) is 5.20. The summed E-state index contributed by atoms with van der Waals surface area (Å²) in [5, 5.41) is 4.19. The van der Waals surface area contributed by atoms with E-state index < -0.39 is 0 Å². The molecule has 4 heterocycles. The maximum Gasteiger partial charge on any atom is 0.170 e. The molecule has 7 heteroatoms. The van der Waals surface area contributed by atoms with Gasteiger partial charge in [-0.05, 0) is 85.7 Å². The third-order valence-electron chi connectivity index (χ3n) is 6.15. The van der Waals surface area contributed by atoms with Crippen LogP contribution in [0.2, 0.25) is 0 Å². The average molecular weight is 458 g/mol. The molecule has 0 spiro atoms.